The van der Waals surface area contributed by atoms with Gasteiger partial charge >= 0.3 is 0 Å². The van der Waals surface area contributed by atoms with Gasteiger partial charge in [-0.3, -0.25) is 10.2 Å². The predicted molar refractivity (Wildman–Crippen MR) is 79.1 cm³/mol. The third kappa shape index (κ3) is 1.99. The van der Waals surface area contributed by atoms with Crippen LogP contribution in [-0.4, -0.2) is 20.4 Å². The Kier molecular flexibility index (Phi) is 2.57. The van der Waals surface area contributed by atoms with Crippen molar-refractivity contribution in [3.05, 3.63) is 60.5 Å². The number of nitrogens with one attached hydrogen (secondary N) is 2. The van der Waals surface area contributed by atoms with Gasteiger partial charge in [-0.15, -0.1) is 0 Å². The Bertz CT molecular complexity index is 892. The molecule has 0 atom stereocenters. The molecule has 0 unspecified atom stereocenters. The van der Waals surface area contributed by atoms with E-state index in [2.05, 4.69) is 20.4 Å². The zero-order valence-electron chi connectivity index (χ0n) is 11.0. The smallest absolute Gasteiger partial charge is 0.123 e. The van der Waals surface area contributed by atoms with Gasteiger partial charge in [-0.25, -0.2) is 4.39 Å². The molecule has 2 heterocycles. The first kappa shape index (κ1) is 11.8. The van der Waals surface area contributed by atoms with Crippen molar-refractivity contribution >= 4 is 10.9 Å². The molecule has 0 saturated heterocycles. The molecule has 0 bridgehead atoms. The summed E-state index contributed by atoms with van der Waals surface area (Å²) < 4.78 is 13.1. The van der Waals surface area contributed by atoms with E-state index in [-0.39, 0.29) is 5.82 Å². The number of hydrogen-bond donors (Lipinski definition) is 2. The molecule has 2 aromatic carbocycles. The van der Waals surface area contributed by atoms with Gasteiger partial charge in [0.25, 0.3) is 0 Å². The predicted octanol–water partition coefficient (Wildman–Crippen LogP) is 3.76. The highest BCUT2D eigenvalue weighted by atomic mass is 19.1. The van der Waals surface area contributed by atoms with Crippen molar-refractivity contribution in [1.29, 1.82) is 0 Å². The average molecular weight is 278 g/mol. The summed E-state index contributed by atoms with van der Waals surface area (Å²) in [6.45, 7) is 0. The van der Waals surface area contributed by atoms with Gasteiger partial charge in [-0.2, -0.15) is 10.2 Å². The number of nitrogens with zero attached hydrogens (tertiary/aromatic N) is 2. The van der Waals surface area contributed by atoms with E-state index in [1.165, 1.54) is 12.1 Å². The lowest BCUT2D eigenvalue weighted by molar-refractivity contribution is 0.628. The molecule has 0 aliphatic heterocycles. The SMILES string of the molecule is Fc1ccc(-c2n[nH]c3ccc(-c4cc[nH]n4)cc23)cc1. The lowest BCUT2D eigenvalue weighted by Gasteiger charge is -2.00. The van der Waals surface area contributed by atoms with E-state index in [1.54, 1.807) is 18.3 Å². The molecular weight excluding hydrogens is 267 g/mol. The monoisotopic (exact) mass is 278 g/mol. The molecule has 0 radical (unpaired) electrons. The summed E-state index contributed by atoms with van der Waals surface area (Å²) in [5, 5.41) is 15.3. The molecule has 0 aliphatic carbocycles. The largest absolute Gasteiger partial charge is 0.285 e. The van der Waals surface area contributed by atoms with Crippen molar-refractivity contribution in [1.82, 2.24) is 20.4 Å². The van der Waals surface area contributed by atoms with Crippen LogP contribution in [0, 0.1) is 5.82 Å². The van der Waals surface area contributed by atoms with Crippen molar-refractivity contribution < 1.29 is 4.39 Å². The summed E-state index contributed by atoms with van der Waals surface area (Å²) in [4.78, 5) is 0. The van der Waals surface area contributed by atoms with Crippen LogP contribution in [0.15, 0.2) is 54.7 Å². The van der Waals surface area contributed by atoms with E-state index < -0.39 is 0 Å². The first-order chi connectivity index (χ1) is 10.3. The molecule has 4 aromatic rings. The first-order valence-electron chi connectivity index (χ1n) is 6.55. The van der Waals surface area contributed by atoms with Crippen LogP contribution in [0.5, 0.6) is 0 Å². The number of rotatable bonds is 2. The van der Waals surface area contributed by atoms with Crippen LogP contribution in [0.2, 0.25) is 0 Å². The van der Waals surface area contributed by atoms with E-state index in [9.17, 15) is 4.39 Å². The molecule has 102 valence electrons. The van der Waals surface area contributed by atoms with Crippen LogP contribution in [0.1, 0.15) is 0 Å². The highest BCUT2D eigenvalue weighted by Gasteiger charge is 2.10. The summed E-state index contributed by atoms with van der Waals surface area (Å²) in [5.41, 5.74) is 4.51. The van der Waals surface area contributed by atoms with Crippen LogP contribution in [-0.2, 0) is 0 Å². The molecule has 5 heteroatoms. The second-order valence-electron chi connectivity index (χ2n) is 4.80. The lowest BCUT2D eigenvalue weighted by atomic mass is 10.0. The molecule has 0 amide bonds. The minimum absolute atomic E-state index is 0.254. The summed E-state index contributed by atoms with van der Waals surface area (Å²) in [6, 6.07) is 14.2. The topological polar surface area (TPSA) is 57.4 Å². The average Bonchev–Trinajstić information content (AvgIpc) is 3.17. The van der Waals surface area contributed by atoms with Gasteiger partial charge in [-0.05, 0) is 42.5 Å². The number of H-pyrrole nitrogens is 2. The molecule has 2 N–H and O–H groups in total. The highest BCUT2D eigenvalue weighted by molar-refractivity contribution is 5.95. The van der Waals surface area contributed by atoms with E-state index in [4.69, 9.17) is 0 Å². The zero-order valence-corrected chi connectivity index (χ0v) is 11.0. The Morgan fingerprint density at radius 3 is 2.43 bits per heavy atom. The highest BCUT2D eigenvalue weighted by Crippen LogP contribution is 2.29. The van der Waals surface area contributed by atoms with Crippen molar-refractivity contribution in [3.8, 4) is 22.5 Å². The van der Waals surface area contributed by atoms with E-state index in [0.29, 0.717) is 0 Å². The molecule has 4 rings (SSSR count). The van der Waals surface area contributed by atoms with E-state index in [0.717, 1.165) is 33.4 Å². The maximum absolute atomic E-state index is 13.1. The van der Waals surface area contributed by atoms with Crippen molar-refractivity contribution in [2.45, 2.75) is 0 Å². The zero-order chi connectivity index (χ0) is 14.2. The fourth-order valence-corrected chi connectivity index (χ4v) is 2.42. The number of benzene rings is 2. The maximum Gasteiger partial charge on any atom is 0.123 e. The summed E-state index contributed by atoms with van der Waals surface area (Å²) in [7, 11) is 0. The van der Waals surface area contributed by atoms with Crippen molar-refractivity contribution in [2.75, 3.05) is 0 Å². The van der Waals surface area contributed by atoms with Gasteiger partial charge in [0, 0.05) is 22.7 Å². The summed E-state index contributed by atoms with van der Waals surface area (Å²) >= 11 is 0. The van der Waals surface area contributed by atoms with Gasteiger partial charge in [0.05, 0.1) is 16.9 Å². The molecule has 0 spiro atoms. The standard InChI is InChI=1S/C16H11FN4/c17-12-4-1-10(2-5-12)16-13-9-11(14-7-8-18-19-14)3-6-15(13)20-21-16/h1-9H,(H,18,19)(H,20,21). The fraction of sp³-hybridized carbons (Fsp3) is 0. The third-order valence-corrected chi connectivity index (χ3v) is 3.48. The van der Waals surface area contributed by atoms with Crippen LogP contribution in [0.4, 0.5) is 4.39 Å². The minimum atomic E-state index is -0.254. The number of aromatic amines is 2. The Morgan fingerprint density at radius 1 is 0.857 bits per heavy atom. The van der Waals surface area contributed by atoms with Crippen LogP contribution in [0.3, 0.4) is 0 Å². The maximum atomic E-state index is 13.1. The van der Waals surface area contributed by atoms with Gasteiger partial charge in [0.2, 0.25) is 0 Å². The Morgan fingerprint density at radius 2 is 1.67 bits per heavy atom. The third-order valence-electron chi connectivity index (χ3n) is 3.48. The second-order valence-corrected chi connectivity index (χ2v) is 4.80. The number of fused-ring (bicyclic) bond motifs is 1. The lowest BCUT2D eigenvalue weighted by Crippen LogP contribution is -1.81. The molecule has 0 fully saturated rings. The first-order valence-corrected chi connectivity index (χ1v) is 6.55. The van der Waals surface area contributed by atoms with Gasteiger partial charge in [-0.1, -0.05) is 6.07 Å². The molecular formula is C16H11FN4. The Balaban J connectivity index is 1.90. The fourth-order valence-electron chi connectivity index (χ4n) is 2.42. The molecule has 4 nitrogen and oxygen atoms in total. The second kappa shape index (κ2) is 4.56. The number of hydrogen-bond acceptors (Lipinski definition) is 2. The van der Waals surface area contributed by atoms with Crippen LogP contribution < -0.4 is 0 Å². The Labute approximate surface area is 119 Å². The molecule has 21 heavy (non-hydrogen) atoms. The number of halogens is 1. The van der Waals surface area contributed by atoms with Gasteiger partial charge in [0.15, 0.2) is 0 Å². The van der Waals surface area contributed by atoms with E-state index in [1.807, 2.05) is 24.3 Å². The van der Waals surface area contributed by atoms with Gasteiger partial charge < -0.3 is 0 Å². The minimum Gasteiger partial charge on any atom is -0.285 e. The number of aromatic nitrogens is 4. The van der Waals surface area contributed by atoms with Gasteiger partial charge in [0.1, 0.15) is 5.82 Å². The normalized spacial score (nSPS) is 11.1. The molecule has 2 aromatic heterocycles. The molecule has 0 saturated carbocycles. The summed E-state index contributed by atoms with van der Waals surface area (Å²) in [6.07, 6.45) is 1.79. The van der Waals surface area contributed by atoms with Crippen LogP contribution in [0.25, 0.3) is 33.4 Å². The van der Waals surface area contributed by atoms with Crippen molar-refractivity contribution in [2.24, 2.45) is 0 Å². The van der Waals surface area contributed by atoms with E-state index >= 15 is 0 Å². The summed E-state index contributed by atoms with van der Waals surface area (Å²) in [5.74, 6) is -0.254. The van der Waals surface area contributed by atoms with Crippen molar-refractivity contribution in [3.63, 3.8) is 0 Å². The Hall–Kier alpha value is -2.95. The van der Waals surface area contributed by atoms with Crippen LogP contribution >= 0.6 is 0 Å². The molecule has 0 aliphatic rings. The quantitative estimate of drug-likeness (QED) is 0.586.